The maximum absolute atomic E-state index is 13.1. The fourth-order valence-electron chi connectivity index (χ4n) is 3.20. The van der Waals surface area contributed by atoms with Crippen LogP contribution in [0.15, 0.2) is 59.4 Å². The minimum absolute atomic E-state index is 0.00599. The quantitative estimate of drug-likeness (QED) is 0.599. The lowest BCUT2D eigenvalue weighted by atomic mass is 10.1. The molecule has 1 N–H and O–H groups in total. The number of phenols is 1. The summed E-state index contributed by atoms with van der Waals surface area (Å²) in [6.07, 6.45) is 3.59. The number of para-hydroxylation sites is 1. The highest BCUT2D eigenvalue weighted by Crippen LogP contribution is 2.27. The Labute approximate surface area is 173 Å². The van der Waals surface area contributed by atoms with Gasteiger partial charge in [0, 0.05) is 17.8 Å². The molecule has 0 saturated carbocycles. The summed E-state index contributed by atoms with van der Waals surface area (Å²) in [5, 5.41) is 10.3. The van der Waals surface area contributed by atoms with Gasteiger partial charge in [-0.25, -0.2) is 4.98 Å². The highest BCUT2D eigenvalue weighted by atomic mass is 16.3. The first-order chi connectivity index (χ1) is 14.0. The normalized spacial score (nSPS) is 10.3. The molecule has 0 bridgehead atoms. The van der Waals surface area contributed by atoms with Crippen LogP contribution in [0.4, 0.5) is 0 Å². The SMILES string of the molecule is CCC.CCCc1c(C)nc(-c2ccccc2O)n(CCc2ccccc2)c1=O. The second-order valence-electron chi connectivity index (χ2n) is 7.17. The van der Waals surface area contributed by atoms with Gasteiger partial charge in [-0.3, -0.25) is 9.36 Å². The average Bonchev–Trinajstić information content (AvgIpc) is 2.72. The molecular formula is C25H32N2O2. The summed E-state index contributed by atoms with van der Waals surface area (Å²) in [5.41, 5.74) is 3.25. The molecule has 0 aliphatic carbocycles. The van der Waals surface area contributed by atoms with Gasteiger partial charge in [0.15, 0.2) is 0 Å². The predicted molar refractivity (Wildman–Crippen MR) is 120 cm³/mol. The molecule has 0 unspecified atom stereocenters. The molecule has 0 atom stereocenters. The Bertz CT molecular complexity index is 962. The summed E-state index contributed by atoms with van der Waals surface area (Å²) in [6, 6.07) is 17.1. The largest absolute Gasteiger partial charge is 0.507 e. The zero-order chi connectivity index (χ0) is 21.2. The minimum Gasteiger partial charge on any atom is -0.507 e. The Morgan fingerprint density at radius 1 is 0.931 bits per heavy atom. The van der Waals surface area contributed by atoms with Crippen LogP contribution in [-0.4, -0.2) is 14.7 Å². The number of hydrogen-bond acceptors (Lipinski definition) is 3. The zero-order valence-electron chi connectivity index (χ0n) is 18.0. The van der Waals surface area contributed by atoms with Gasteiger partial charge in [0.05, 0.1) is 5.56 Å². The van der Waals surface area contributed by atoms with Gasteiger partial charge in [0.2, 0.25) is 0 Å². The van der Waals surface area contributed by atoms with E-state index in [9.17, 15) is 9.90 Å². The summed E-state index contributed by atoms with van der Waals surface area (Å²) >= 11 is 0. The van der Waals surface area contributed by atoms with Gasteiger partial charge in [-0.15, -0.1) is 0 Å². The molecule has 29 heavy (non-hydrogen) atoms. The summed E-state index contributed by atoms with van der Waals surface area (Å²) in [5.74, 6) is 0.664. The number of aryl methyl sites for hydroxylation is 2. The van der Waals surface area contributed by atoms with Gasteiger partial charge >= 0.3 is 0 Å². The molecular weight excluding hydrogens is 360 g/mol. The van der Waals surface area contributed by atoms with Crippen LogP contribution in [0, 0.1) is 6.92 Å². The van der Waals surface area contributed by atoms with E-state index >= 15 is 0 Å². The van der Waals surface area contributed by atoms with Crippen LogP contribution in [0.3, 0.4) is 0 Å². The Hall–Kier alpha value is -2.88. The fraction of sp³-hybridized carbons (Fsp3) is 0.360. The first-order valence-corrected chi connectivity index (χ1v) is 10.5. The van der Waals surface area contributed by atoms with Crippen molar-refractivity contribution in [1.29, 1.82) is 0 Å². The summed E-state index contributed by atoms with van der Waals surface area (Å²) in [6.45, 7) is 8.71. The lowest BCUT2D eigenvalue weighted by Gasteiger charge is -2.16. The third-order valence-corrected chi connectivity index (χ3v) is 4.58. The average molecular weight is 393 g/mol. The van der Waals surface area contributed by atoms with Gasteiger partial charge in [0.1, 0.15) is 11.6 Å². The van der Waals surface area contributed by atoms with Crippen molar-refractivity contribution < 1.29 is 5.11 Å². The number of phenolic OH excluding ortho intramolecular Hbond substituents is 1. The molecule has 1 aromatic heterocycles. The van der Waals surface area contributed by atoms with Crippen molar-refractivity contribution in [2.75, 3.05) is 0 Å². The van der Waals surface area contributed by atoms with Crippen molar-refractivity contribution in [2.24, 2.45) is 0 Å². The van der Waals surface area contributed by atoms with Gasteiger partial charge in [-0.1, -0.05) is 76.1 Å². The van der Waals surface area contributed by atoms with E-state index in [1.165, 1.54) is 12.0 Å². The Balaban J connectivity index is 0.000000941. The van der Waals surface area contributed by atoms with E-state index in [2.05, 4.69) is 32.9 Å². The monoisotopic (exact) mass is 392 g/mol. The lowest BCUT2D eigenvalue weighted by molar-refractivity contribution is 0.476. The number of rotatable bonds is 6. The zero-order valence-corrected chi connectivity index (χ0v) is 18.0. The molecule has 0 aliphatic rings. The maximum atomic E-state index is 13.1. The Kier molecular flexibility index (Phi) is 8.66. The summed E-state index contributed by atoms with van der Waals surface area (Å²) in [4.78, 5) is 17.8. The predicted octanol–water partition coefficient (Wildman–Crippen LogP) is 5.54. The number of aromatic nitrogens is 2. The fourth-order valence-corrected chi connectivity index (χ4v) is 3.20. The molecule has 154 valence electrons. The maximum Gasteiger partial charge on any atom is 0.257 e. The van der Waals surface area contributed by atoms with Crippen molar-refractivity contribution in [3.63, 3.8) is 0 Å². The second-order valence-corrected chi connectivity index (χ2v) is 7.17. The number of nitrogens with zero attached hydrogens (tertiary/aromatic N) is 2. The van der Waals surface area contributed by atoms with Gasteiger partial charge < -0.3 is 5.11 Å². The molecule has 1 heterocycles. The topological polar surface area (TPSA) is 55.1 Å². The number of aromatic hydroxyl groups is 1. The number of benzene rings is 2. The van der Waals surface area contributed by atoms with Gasteiger partial charge in [0.25, 0.3) is 5.56 Å². The lowest BCUT2D eigenvalue weighted by Crippen LogP contribution is -2.29. The van der Waals surface area contributed by atoms with Crippen molar-refractivity contribution in [2.45, 2.75) is 59.9 Å². The van der Waals surface area contributed by atoms with Gasteiger partial charge in [-0.05, 0) is 37.5 Å². The third-order valence-electron chi connectivity index (χ3n) is 4.58. The molecule has 0 saturated heterocycles. The minimum atomic E-state index is -0.00599. The van der Waals surface area contributed by atoms with Crippen LogP contribution in [0.25, 0.3) is 11.4 Å². The van der Waals surface area contributed by atoms with Crippen molar-refractivity contribution in [3.8, 4) is 17.1 Å². The molecule has 4 nitrogen and oxygen atoms in total. The molecule has 0 radical (unpaired) electrons. The van der Waals surface area contributed by atoms with Crippen LogP contribution in [0.1, 0.15) is 50.4 Å². The first-order valence-electron chi connectivity index (χ1n) is 10.5. The molecule has 0 fully saturated rings. The van der Waals surface area contributed by atoms with E-state index in [4.69, 9.17) is 4.98 Å². The number of hydrogen-bond donors (Lipinski definition) is 1. The van der Waals surface area contributed by atoms with Crippen molar-refractivity contribution in [3.05, 3.63) is 81.8 Å². The van der Waals surface area contributed by atoms with E-state index in [0.29, 0.717) is 24.4 Å². The van der Waals surface area contributed by atoms with Crippen LogP contribution in [0.5, 0.6) is 5.75 Å². The van der Waals surface area contributed by atoms with E-state index in [1.54, 1.807) is 22.8 Å². The smallest absolute Gasteiger partial charge is 0.257 e. The Morgan fingerprint density at radius 3 is 2.17 bits per heavy atom. The van der Waals surface area contributed by atoms with Crippen LogP contribution in [0.2, 0.25) is 0 Å². The van der Waals surface area contributed by atoms with E-state index in [1.807, 2.05) is 31.2 Å². The van der Waals surface area contributed by atoms with Crippen molar-refractivity contribution in [1.82, 2.24) is 9.55 Å². The standard InChI is InChI=1S/C22H24N2O2.C3H8/c1-3-9-18-16(2)23-21(19-12-7-8-13-20(19)25)24(22(18)26)15-14-17-10-5-4-6-11-17;1-3-2/h4-8,10-13,25H,3,9,14-15H2,1-2H3;3H2,1-2H3. The molecule has 0 amide bonds. The second kappa shape index (κ2) is 11.2. The highest BCUT2D eigenvalue weighted by molar-refractivity contribution is 5.64. The van der Waals surface area contributed by atoms with Crippen molar-refractivity contribution >= 4 is 0 Å². The summed E-state index contributed by atoms with van der Waals surface area (Å²) in [7, 11) is 0. The third kappa shape index (κ3) is 5.80. The van der Waals surface area contributed by atoms with E-state index < -0.39 is 0 Å². The highest BCUT2D eigenvalue weighted by Gasteiger charge is 2.17. The molecule has 2 aromatic carbocycles. The van der Waals surface area contributed by atoms with Crippen LogP contribution >= 0.6 is 0 Å². The summed E-state index contributed by atoms with van der Waals surface area (Å²) < 4.78 is 1.71. The van der Waals surface area contributed by atoms with E-state index in [-0.39, 0.29) is 11.3 Å². The molecule has 4 heteroatoms. The molecule has 0 spiro atoms. The van der Waals surface area contributed by atoms with Crippen LogP contribution in [-0.2, 0) is 19.4 Å². The van der Waals surface area contributed by atoms with Crippen LogP contribution < -0.4 is 5.56 Å². The first kappa shape index (κ1) is 22.4. The van der Waals surface area contributed by atoms with Gasteiger partial charge in [-0.2, -0.15) is 0 Å². The molecule has 0 aliphatic heterocycles. The Morgan fingerprint density at radius 2 is 1.55 bits per heavy atom. The van der Waals surface area contributed by atoms with E-state index in [0.717, 1.165) is 24.1 Å². The molecule has 3 aromatic rings. The molecule has 3 rings (SSSR count).